The third-order valence-electron chi connectivity index (χ3n) is 5.01. The molecule has 0 heterocycles. The summed E-state index contributed by atoms with van der Waals surface area (Å²) in [5, 5.41) is 5.28. The van der Waals surface area contributed by atoms with E-state index in [1.807, 2.05) is 0 Å². The van der Waals surface area contributed by atoms with Crippen molar-refractivity contribution in [2.24, 2.45) is 0 Å². The summed E-state index contributed by atoms with van der Waals surface area (Å²) < 4.78 is 11.9. The van der Waals surface area contributed by atoms with E-state index in [1.165, 1.54) is 39.9 Å². The van der Waals surface area contributed by atoms with E-state index in [1.54, 1.807) is 0 Å². The van der Waals surface area contributed by atoms with Crippen LogP contribution in [0.3, 0.4) is 0 Å². The maximum absolute atomic E-state index is 5.94. The summed E-state index contributed by atoms with van der Waals surface area (Å²) in [4.78, 5) is 0. The normalized spacial score (nSPS) is 12.1. The molecule has 138 valence electrons. The zero-order valence-electron chi connectivity index (χ0n) is 16.3. The summed E-state index contributed by atoms with van der Waals surface area (Å²) in [5.74, 6) is 0. The Morgan fingerprint density at radius 3 is 2.00 bits per heavy atom. The van der Waals surface area contributed by atoms with Crippen LogP contribution in [0.5, 0.6) is 0 Å². The van der Waals surface area contributed by atoms with E-state index in [9.17, 15) is 0 Å². The van der Waals surface area contributed by atoms with Crippen LogP contribution < -0.4 is 0 Å². The van der Waals surface area contributed by atoms with Gasteiger partial charge in [-0.25, -0.2) is 0 Å². The van der Waals surface area contributed by atoms with Gasteiger partial charge in [0.2, 0.25) is 0 Å². The van der Waals surface area contributed by atoms with Gasteiger partial charge in [-0.15, -0.1) is 0 Å². The summed E-state index contributed by atoms with van der Waals surface area (Å²) in [6.07, 6.45) is 3.46. The Balaban J connectivity index is 1.63. The summed E-state index contributed by atoms with van der Waals surface area (Å²) in [6.45, 7) is 7.82. The molecule has 0 amide bonds. The van der Waals surface area contributed by atoms with Gasteiger partial charge in [0.1, 0.15) is 0 Å². The van der Waals surface area contributed by atoms with Crippen LogP contribution in [0.15, 0.2) is 54.6 Å². The first-order valence-electron chi connectivity index (χ1n) is 9.83. The van der Waals surface area contributed by atoms with Crippen molar-refractivity contribution in [1.82, 2.24) is 0 Å². The molecular weight excluding hydrogens is 336 g/mol. The number of hydrogen-bond acceptors (Lipinski definition) is 2. The van der Waals surface area contributed by atoms with Crippen LogP contribution in [0.25, 0.3) is 21.5 Å². The van der Waals surface area contributed by atoms with Gasteiger partial charge in [-0.05, 0) is 78.5 Å². The van der Waals surface area contributed by atoms with Crippen molar-refractivity contribution in [2.45, 2.75) is 45.7 Å². The number of hydrogen-bond donors (Lipinski definition) is 0. The largest absolute Gasteiger partial charge is 0.395 e. The van der Waals surface area contributed by atoms with Crippen LogP contribution in [-0.4, -0.2) is 21.8 Å². The molecule has 26 heavy (non-hydrogen) atoms. The third kappa shape index (κ3) is 4.73. The van der Waals surface area contributed by atoms with E-state index in [2.05, 4.69) is 75.0 Å². The molecule has 0 aliphatic heterocycles. The second-order valence-corrected chi connectivity index (χ2v) is 10.4. The number of aryl methyl sites for hydroxylation is 1. The lowest BCUT2D eigenvalue weighted by atomic mass is 10.00. The molecule has 0 atom stereocenters. The molecule has 0 bridgehead atoms. The average Bonchev–Trinajstić information content (AvgIpc) is 2.64. The standard InChI is InChI=1S/C23H30O2Si/c1-4-24-26(3,25-5-2)15-9-8-10-19-13-14-22-17-20-11-6-7-12-21(20)18-23(22)16-19/h6-7,11-14,16-18H,4-5,8-10,15H2,1-3H3. The molecule has 0 aliphatic rings. The molecule has 0 fully saturated rings. The third-order valence-corrected chi connectivity index (χ3v) is 8.08. The molecule has 0 saturated heterocycles. The molecule has 0 spiro atoms. The van der Waals surface area contributed by atoms with Crippen LogP contribution in [0, 0.1) is 0 Å². The minimum Gasteiger partial charge on any atom is -0.395 e. The monoisotopic (exact) mass is 366 g/mol. The van der Waals surface area contributed by atoms with Gasteiger partial charge < -0.3 is 8.85 Å². The Hall–Kier alpha value is -1.68. The Morgan fingerprint density at radius 1 is 0.731 bits per heavy atom. The van der Waals surface area contributed by atoms with Crippen molar-refractivity contribution in [1.29, 1.82) is 0 Å². The van der Waals surface area contributed by atoms with Gasteiger partial charge in [-0.1, -0.05) is 48.9 Å². The Bertz CT molecular complexity index is 853. The van der Waals surface area contributed by atoms with Gasteiger partial charge in [0.15, 0.2) is 0 Å². The smallest absolute Gasteiger partial charge is 0.334 e. The van der Waals surface area contributed by atoms with Crippen molar-refractivity contribution >= 4 is 30.1 Å². The lowest BCUT2D eigenvalue weighted by Gasteiger charge is -2.25. The molecule has 2 nitrogen and oxygen atoms in total. The lowest BCUT2D eigenvalue weighted by molar-refractivity contribution is 0.188. The van der Waals surface area contributed by atoms with Crippen molar-refractivity contribution in [2.75, 3.05) is 13.2 Å². The molecule has 0 radical (unpaired) electrons. The van der Waals surface area contributed by atoms with E-state index in [-0.39, 0.29) is 0 Å². The van der Waals surface area contributed by atoms with Crippen LogP contribution >= 0.6 is 0 Å². The first kappa shape index (κ1) is 19.1. The minimum atomic E-state index is -1.96. The highest BCUT2D eigenvalue weighted by molar-refractivity contribution is 6.66. The highest BCUT2D eigenvalue weighted by Gasteiger charge is 2.29. The maximum Gasteiger partial charge on any atom is 0.334 e. The van der Waals surface area contributed by atoms with Gasteiger partial charge in [0.05, 0.1) is 0 Å². The highest BCUT2D eigenvalue weighted by atomic mass is 28.4. The van der Waals surface area contributed by atoms with Gasteiger partial charge in [0, 0.05) is 13.2 Å². The molecule has 3 aromatic rings. The van der Waals surface area contributed by atoms with Gasteiger partial charge >= 0.3 is 8.56 Å². The first-order valence-corrected chi connectivity index (χ1v) is 12.4. The molecule has 0 unspecified atom stereocenters. The fraction of sp³-hybridized carbons (Fsp3) is 0.391. The fourth-order valence-electron chi connectivity index (χ4n) is 3.72. The molecule has 0 aromatic heterocycles. The quantitative estimate of drug-likeness (QED) is 0.246. The Labute approximate surface area is 158 Å². The van der Waals surface area contributed by atoms with E-state index in [0.29, 0.717) is 0 Å². The molecule has 3 rings (SSSR count). The minimum absolute atomic E-state index is 0.751. The lowest BCUT2D eigenvalue weighted by Crippen LogP contribution is -2.38. The van der Waals surface area contributed by atoms with Crippen molar-refractivity contribution in [3.05, 3.63) is 60.2 Å². The van der Waals surface area contributed by atoms with Crippen molar-refractivity contribution in [3.8, 4) is 0 Å². The topological polar surface area (TPSA) is 18.5 Å². The van der Waals surface area contributed by atoms with Crippen LogP contribution in [0.1, 0.15) is 32.3 Å². The molecular formula is C23H30O2Si. The van der Waals surface area contributed by atoms with Gasteiger partial charge in [0.25, 0.3) is 0 Å². The fourth-order valence-corrected chi connectivity index (χ4v) is 6.20. The van der Waals surface area contributed by atoms with Crippen LogP contribution in [0.2, 0.25) is 12.6 Å². The zero-order chi connectivity index (χ0) is 18.4. The molecule has 3 heteroatoms. The first-order chi connectivity index (χ1) is 12.6. The SMILES string of the molecule is CCO[Si](C)(CCCCc1ccc2cc3ccccc3cc2c1)OCC. The summed E-state index contributed by atoms with van der Waals surface area (Å²) in [7, 11) is -1.96. The van der Waals surface area contributed by atoms with Crippen molar-refractivity contribution < 1.29 is 8.85 Å². The number of benzene rings is 3. The highest BCUT2D eigenvalue weighted by Crippen LogP contribution is 2.25. The van der Waals surface area contributed by atoms with Gasteiger partial charge in [-0.2, -0.15) is 0 Å². The predicted octanol–water partition coefficient (Wildman–Crippen LogP) is 6.46. The summed E-state index contributed by atoms with van der Waals surface area (Å²) in [5.41, 5.74) is 1.42. The molecule has 3 aromatic carbocycles. The maximum atomic E-state index is 5.94. The zero-order valence-corrected chi connectivity index (χ0v) is 17.3. The molecule has 0 N–H and O–H groups in total. The van der Waals surface area contributed by atoms with Crippen molar-refractivity contribution in [3.63, 3.8) is 0 Å². The number of rotatable bonds is 9. The molecule has 0 saturated carbocycles. The van der Waals surface area contributed by atoms with Crippen LogP contribution in [0.4, 0.5) is 0 Å². The van der Waals surface area contributed by atoms with Gasteiger partial charge in [-0.3, -0.25) is 0 Å². The number of unbranched alkanes of at least 4 members (excludes halogenated alkanes) is 1. The Morgan fingerprint density at radius 2 is 1.35 bits per heavy atom. The number of fused-ring (bicyclic) bond motifs is 2. The Kier molecular flexibility index (Phi) is 6.46. The van der Waals surface area contributed by atoms with E-state index >= 15 is 0 Å². The average molecular weight is 367 g/mol. The second-order valence-electron chi connectivity index (χ2n) is 7.09. The molecule has 0 aliphatic carbocycles. The van der Waals surface area contributed by atoms with E-state index < -0.39 is 8.56 Å². The van der Waals surface area contributed by atoms with E-state index in [0.717, 1.165) is 25.7 Å². The summed E-state index contributed by atoms with van der Waals surface area (Å²) >= 11 is 0. The second kappa shape index (κ2) is 8.80. The predicted molar refractivity (Wildman–Crippen MR) is 114 cm³/mol. The van der Waals surface area contributed by atoms with Crippen LogP contribution in [-0.2, 0) is 15.3 Å². The summed E-state index contributed by atoms with van der Waals surface area (Å²) in [6, 6.07) is 21.1. The van der Waals surface area contributed by atoms with E-state index in [4.69, 9.17) is 8.85 Å².